The highest BCUT2D eigenvalue weighted by Gasteiger charge is 2.31. The van der Waals surface area contributed by atoms with E-state index in [1.54, 1.807) is 6.20 Å². The van der Waals surface area contributed by atoms with Gasteiger partial charge in [0.25, 0.3) is 0 Å². The molecule has 3 atom stereocenters. The molecular formula is C35H56N6O6. The van der Waals surface area contributed by atoms with Crippen molar-refractivity contribution >= 4 is 23.7 Å². The van der Waals surface area contributed by atoms with E-state index in [4.69, 9.17) is 5.73 Å². The first-order chi connectivity index (χ1) is 22.2. The average molecular weight is 657 g/mol. The van der Waals surface area contributed by atoms with E-state index >= 15 is 0 Å². The Morgan fingerprint density at radius 1 is 0.915 bits per heavy atom. The van der Waals surface area contributed by atoms with Crippen LogP contribution in [0.25, 0.3) is 0 Å². The number of aliphatic carboxylic acids is 1. The predicted molar refractivity (Wildman–Crippen MR) is 181 cm³/mol. The lowest BCUT2D eigenvalue weighted by atomic mass is 9.84. The van der Waals surface area contributed by atoms with Gasteiger partial charge in [0, 0.05) is 18.9 Å². The molecule has 1 fully saturated rings. The Bertz CT molecular complexity index is 1240. The number of aryl methyl sites for hydroxylation is 3. The van der Waals surface area contributed by atoms with Crippen molar-refractivity contribution in [3.05, 3.63) is 53.6 Å². The van der Waals surface area contributed by atoms with E-state index < -0.39 is 48.4 Å². The number of aliphatic hydroxyl groups excluding tert-OH is 1. The van der Waals surface area contributed by atoms with Gasteiger partial charge in [0.1, 0.15) is 23.9 Å². The number of aromatic nitrogens is 2. The SMILES string of the molecule is C.Cc1nccn1CCCCc1ccc(CC(=O)N[C@@H](CO)C(=O)N[C@@H](CCCCN)C(=O)N[C@@H](CC2CCCCC2)C(=O)O)cc1. The van der Waals surface area contributed by atoms with Crippen LogP contribution in [0.15, 0.2) is 36.7 Å². The van der Waals surface area contributed by atoms with Crippen LogP contribution in [-0.2, 0) is 38.6 Å². The maximum atomic E-state index is 13.2. The zero-order valence-electron chi connectivity index (χ0n) is 27.1. The lowest BCUT2D eigenvalue weighted by molar-refractivity contribution is -0.143. The molecule has 12 heteroatoms. The van der Waals surface area contributed by atoms with Crippen molar-refractivity contribution in [3.63, 3.8) is 0 Å². The van der Waals surface area contributed by atoms with Gasteiger partial charge in [-0.15, -0.1) is 0 Å². The number of carbonyl (C=O) groups excluding carboxylic acids is 3. The molecule has 0 saturated heterocycles. The van der Waals surface area contributed by atoms with Gasteiger partial charge in [-0.05, 0) is 75.5 Å². The van der Waals surface area contributed by atoms with Crippen molar-refractivity contribution in [1.29, 1.82) is 0 Å². The van der Waals surface area contributed by atoms with Gasteiger partial charge in [0.15, 0.2) is 0 Å². The fourth-order valence-corrected chi connectivity index (χ4v) is 5.98. The van der Waals surface area contributed by atoms with Gasteiger partial charge >= 0.3 is 5.97 Å². The number of carboxylic acid groups (broad SMARTS) is 1. The molecule has 2 aromatic rings. The lowest BCUT2D eigenvalue weighted by Crippen LogP contribution is -2.56. The second-order valence-electron chi connectivity index (χ2n) is 12.4. The normalized spacial score (nSPS) is 15.1. The smallest absolute Gasteiger partial charge is 0.326 e. The maximum absolute atomic E-state index is 13.2. The number of hydrogen-bond donors (Lipinski definition) is 6. The van der Waals surface area contributed by atoms with Crippen molar-refractivity contribution in [2.24, 2.45) is 11.7 Å². The standard InChI is InChI=1S/C34H52N6O6.CH4/c1-24-36-18-20-40(24)19-8-6-9-25-13-15-27(16-14-25)22-31(42)37-30(23-41)33(44)38-28(12-5-7-17-35)32(43)39-29(34(45)46)21-26-10-3-2-4-11-26;/h13-16,18,20,26,28-30,41H,2-12,17,19,21-23,35H2,1H3,(H,37,42)(H,38,44)(H,39,43)(H,45,46);1H4/t28-,29-,30-;/m0./s1. The van der Waals surface area contributed by atoms with Gasteiger partial charge < -0.3 is 36.5 Å². The van der Waals surface area contributed by atoms with Crippen LogP contribution in [-0.4, -0.2) is 74.7 Å². The molecule has 1 aromatic heterocycles. The molecule has 1 heterocycles. The van der Waals surface area contributed by atoms with E-state index in [0.29, 0.717) is 25.8 Å². The molecule has 47 heavy (non-hydrogen) atoms. The molecule has 262 valence electrons. The molecule has 7 N–H and O–H groups in total. The molecule has 1 aliphatic carbocycles. The number of carboxylic acids is 1. The summed E-state index contributed by atoms with van der Waals surface area (Å²) in [5.41, 5.74) is 7.55. The summed E-state index contributed by atoms with van der Waals surface area (Å²) in [7, 11) is 0. The quantitative estimate of drug-likeness (QED) is 0.117. The summed E-state index contributed by atoms with van der Waals surface area (Å²) in [6, 6.07) is 4.38. The fraction of sp³-hybridized carbons (Fsp3) is 0.629. The summed E-state index contributed by atoms with van der Waals surface area (Å²) in [6.45, 7) is 2.66. The van der Waals surface area contributed by atoms with E-state index in [-0.39, 0.29) is 26.2 Å². The molecule has 12 nitrogen and oxygen atoms in total. The molecule has 1 aliphatic rings. The van der Waals surface area contributed by atoms with Crippen LogP contribution in [0, 0.1) is 12.8 Å². The van der Waals surface area contributed by atoms with Crippen LogP contribution in [0.1, 0.15) is 95.0 Å². The van der Waals surface area contributed by atoms with E-state index in [9.17, 15) is 29.4 Å². The van der Waals surface area contributed by atoms with Crippen molar-refractivity contribution in [2.45, 2.75) is 122 Å². The molecular weight excluding hydrogens is 600 g/mol. The van der Waals surface area contributed by atoms with E-state index in [2.05, 4.69) is 25.5 Å². The Hall–Kier alpha value is -3.77. The maximum Gasteiger partial charge on any atom is 0.326 e. The fourth-order valence-electron chi connectivity index (χ4n) is 5.98. The lowest BCUT2D eigenvalue weighted by Gasteiger charge is -2.27. The second kappa shape index (κ2) is 21.2. The summed E-state index contributed by atoms with van der Waals surface area (Å²) in [5, 5.41) is 27.5. The van der Waals surface area contributed by atoms with Gasteiger partial charge in [-0.25, -0.2) is 9.78 Å². The van der Waals surface area contributed by atoms with E-state index in [1.165, 1.54) is 5.56 Å². The van der Waals surface area contributed by atoms with Crippen LogP contribution in [0.3, 0.4) is 0 Å². The molecule has 1 aromatic carbocycles. The summed E-state index contributed by atoms with van der Waals surface area (Å²) >= 11 is 0. The monoisotopic (exact) mass is 656 g/mol. The molecule has 0 bridgehead atoms. The van der Waals surface area contributed by atoms with Crippen LogP contribution < -0.4 is 21.7 Å². The number of nitrogens with one attached hydrogen (secondary N) is 3. The zero-order valence-corrected chi connectivity index (χ0v) is 27.1. The molecule has 0 spiro atoms. The van der Waals surface area contributed by atoms with E-state index in [1.807, 2.05) is 37.4 Å². The number of hydrogen-bond acceptors (Lipinski definition) is 7. The van der Waals surface area contributed by atoms with Gasteiger partial charge in [-0.2, -0.15) is 0 Å². The minimum absolute atomic E-state index is 0. The Kier molecular flexibility index (Phi) is 17.8. The third-order valence-corrected chi connectivity index (χ3v) is 8.75. The Balaban J connectivity index is 0.00000768. The number of benzene rings is 1. The molecule has 0 radical (unpaired) electrons. The van der Waals surface area contributed by atoms with Gasteiger partial charge in [0.05, 0.1) is 13.0 Å². The predicted octanol–water partition coefficient (Wildman–Crippen LogP) is 3.02. The Labute approximate surface area is 279 Å². The van der Waals surface area contributed by atoms with E-state index in [0.717, 1.165) is 69.3 Å². The Morgan fingerprint density at radius 2 is 1.57 bits per heavy atom. The number of nitrogens with two attached hydrogens (primary N) is 1. The molecule has 3 amide bonds. The van der Waals surface area contributed by atoms with Crippen LogP contribution >= 0.6 is 0 Å². The molecule has 0 unspecified atom stereocenters. The summed E-state index contributed by atoms with van der Waals surface area (Å²) in [6.07, 6.45) is 13.6. The summed E-state index contributed by atoms with van der Waals surface area (Å²) in [5.74, 6) is -1.64. The first kappa shape index (κ1) is 39.4. The summed E-state index contributed by atoms with van der Waals surface area (Å²) in [4.78, 5) is 55.3. The van der Waals surface area contributed by atoms with Crippen molar-refractivity contribution in [2.75, 3.05) is 13.2 Å². The third kappa shape index (κ3) is 13.9. The number of aliphatic hydroxyl groups is 1. The van der Waals surface area contributed by atoms with Crippen LogP contribution in [0.2, 0.25) is 0 Å². The highest BCUT2D eigenvalue weighted by Crippen LogP contribution is 2.27. The zero-order chi connectivity index (χ0) is 33.3. The van der Waals surface area contributed by atoms with Gasteiger partial charge in [-0.1, -0.05) is 63.8 Å². The minimum atomic E-state index is -1.27. The number of unbranched alkanes of at least 4 members (excludes halogenated alkanes) is 2. The first-order valence-corrected chi connectivity index (χ1v) is 16.7. The highest BCUT2D eigenvalue weighted by atomic mass is 16.4. The van der Waals surface area contributed by atoms with Crippen molar-refractivity contribution < 1.29 is 29.4 Å². The topological polar surface area (TPSA) is 189 Å². The van der Waals surface area contributed by atoms with Crippen molar-refractivity contribution in [3.8, 4) is 0 Å². The number of nitrogens with zero attached hydrogens (tertiary/aromatic N) is 2. The number of carbonyl (C=O) groups is 4. The van der Waals surface area contributed by atoms with Crippen molar-refractivity contribution in [1.82, 2.24) is 25.5 Å². The summed E-state index contributed by atoms with van der Waals surface area (Å²) < 4.78 is 2.13. The second-order valence-corrected chi connectivity index (χ2v) is 12.4. The number of amides is 3. The first-order valence-electron chi connectivity index (χ1n) is 16.7. The van der Waals surface area contributed by atoms with Crippen LogP contribution in [0.5, 0.6) is 0 Å². The third-order valence-electron chi connectivity index (χ3n) is 8.75. The molecule has 0 aliphatic heterocycles. The molecule has 3 rings (SSSR count). The average Bonchev–Trinajstić information content (AvgIpc) is 3.46. The Morgan fingerprint density at radius 3 is 2.19 bits per heavy atom. The highest BCUT2D eigenvalue weighted by molar-refractivity contribution is 5.93. The van der Waals surface area contributed by atoms with Gasteiger partial charge in [-0.3, -0.25) is 14.4 Å². The van der Waals surface area contributed by atoms with Crippen LogP contribution in [0.4, 0.5) is 0 Å². The minimum Gasteiger partial charge on any atom is -0.480 e. The number of rotatable bonds is 20. The molecule has 1 saturated carbocycles. The largest absolute Gasteiger partial charge is 0.480 e. The van der Waals surface area contributed by atoms with Gasteiger partial charge in [0.2, 0.25) is 17.7 Å². The number of imidazole rings is 1.